The van der Waals surface area contributed by atoms with Crippen LogP contribution in [0.4, 0.5) is 45.0 Å². The van der Waals surface area contributed by atoms with Crippen molar-refractivity contribution < 1.29 is 36.8 Å². The number of amides is 1. The maximum absolute atomic E-state index is 13.6. The zero-order valence-corrected chi connectivity index (χ0v) is 17.6. The molecule has 14 heteroatoms. The maximum atomic E-state index is 13.6. The molecule has 3 aromatic carbocycles. The molecule has 4 rings (SSSR count). The number of carbonyl (C=O) groups is 1. The molecule has 0 aliphatic heterocycles. The first-order valence-corrected chi connectivity index (χ1v) is 9.82. The number of non-ortho nitro benzene ring substituents is 1. The summed E-state index contributed by atoms with van der Waals surface area (Å²) in [4.78, 5) is 31.1. The van der Waals surface area contributed by atoms with Crippen LogP contribution in [0.1, 0.15) is 15.9 Å². The van der Waals surface area contributed by atoms with Gasteiger partial charge in [0.2, 0.25) is 11.8 Å². The van der Waals surface area contributed by atoms with Crippen molar-refractivity contribution >= 4 is 39.8 Å². The molecule has 0 saturated heterocycles. The van der Waals surface area contributed by atoms with Gasteiger partial charge in [-0.3, -0.25) is 14.9 Å². The Morgan fingerprint density at radius 2 is 1.64 bits per heavy atom. The zero-order chi connectivity index (χ0) is 26.2. The Morgan fingerprint density at radius 1 is 0.972 bits per heavy atom. The molecule has 0 aliphatic rings. The second kappa shape index (κ2) is 9.05. The fraction of sp³-hybridized carbons (Fsp3) is 0.0455. The van der Waals surface area contributed by atoms with E-state index in [4.69, 9.17) is 0 Å². The number of benzene rings is 3. The number of aromatic hydroxyl groups is 1. The van der Waals surface area contributed by atoms with E-state index in [1.807, 2.05) is 0 Å². The summed E-state index contributed by atoms with van der Waals surface area (Å²) in [7, 11) is 0. The van der Waals surface area contributed by atoms with Crippen molar-refractivity contribution in [3.63, 3.8) is 0 Å². The number of nitro benzene ring substituents is 1. The molecule has 1 amide bonds. The lowest BCUT2D eigenvalue weighted by Crippen LogP contribution is -2.14. The van der Waals surface area contributed by atoms with Gasteiger partial charge in [-0.15, -0.1) is 0 Å². The van der Waals surface area contributed by atoms with E-state index in [2.05, 4.69) is 20.6 Å². The second-order valence-corrected chi connectivity index (χ2v) is 7.30. The molecule has 1 aromatic heterocycles. The number of hydrogen-bond acceptors (Lipinski definition) is 7. The second-order valence-electron chi connectivity index (χ2n) is 7.30. The van der Waals surface area contributed by atoms with Crippen LogP contribution in [0.15, 0.2) is 54.6 Å². The minimum atomic E-state index is -4.99. The number of alkyl halides is 3. The predicted octanol–water partition coefficient (Wildman–Crippen LogP) is 5.54. The summed E-state index contributed by atoms with van der Waals surface area (Å²) in [5.41, 5.74) is -2.97. The Morgan fingerprint density at radius 3 is 2.28 bits per heavy atom. The van der Waals surface area contributed by atoms with Gasteiger partial charge in [-0.25, -0.2) is 13.8 Å². The SMILES string of the molecule is O=C(Nc1ccc(F)cc1)c1cc([N+](=O)[O-])cc2c(O)nc(Nc3ccc(F)c(C(F)(F)F)c3)nc12. The molecular formula is C22H12F5N5O4. The summed E-state index contributed by atoms with van der Waals surface area (Å²) in [5.74, 6) is -4.30. The van der Waals surface area contributed by atoms with E-state index in [1.165, 1.54) is 12.1 Å². The van der Waals surface area contributed by atoms with Crippen LogP contribution in [0.3, 0.4) is 0 Å². The van der Waals surface area contributed by atoms with Crippen molar-refractivity contribution in [2.24, 2.45) is 0 Å². The van der Waals surface area contributed by atoms with Gasteiger partial charge in [0.05, 0.1) is 27.0 Å². The highest BCUT2D eigenvalue weighted by Gasteiger charge is 2.34. The van der Waals surface area contributed by atoms with Crippen LogP contribution in [0.25, 0.3) is 10.9 Å². The van der Waals surface area contributed by atoms with E-state index >= 15 is 0 Å². The summed E-state index contributed by atoms with van der Waals surface area (Å²) in [5, 5.41) is 26.2. The zero-order valence-electron chi connectivity index (χ0n) is 17.6. The maximum Gasteiger partial charge on any atom is 0.419 e. The fourth-order valence-corrected chi connectivity index (χ4v) is 3.22. The number of nitrogens with one attached hydrogen (secondary N) is 2. The van der Waals surface area contributed by atoms with Crippen molar-refractivity contribution in [1.82, 2.24) is 9.97 Å². The van der Waals surface area contributed by atoms with Crippen molar-refractivity contribution in [3.8, 4) is 5.88 Å². The van der Waals surface area contributed by atoms with Crippen molar-refractivity contribution in [1.29, 1.82) is 0 Å². The molecule has 4 aromatic rings. The molecule has 0 atom stereocenters. The first kappa shape index (κ1) is 24.3. The number of fused-ring (bicyclic) bond motifs is 1. The highest BCUT2D eigenvalue weighted by molar-refractivity contribution is 6.13. The van der Waals surface area contributed by atoms with E-state index in [0.717, 1.165) is 30.3 Å². The Hall–Kier alpha value is -4.88. The number of nitrogens with zero attached hydrogens (tertiary/aromatic N) is 3. The lowest BCUT2D eigenvalue weighted by atomic mass is 10.1. The number of anilines is 3. The summed E-state index contributed by atoms with van der Waals surface area (Å²) in [6, 6.07) is 8.37. The van der Waals surface area contributed by atoms with Gasteiger partial charge in [-0.05, 0) is 42.5 Å². The molecule has 0 aliphatic carbocycles. The highest BCUT2D eigenvalue weighted by Crippen LogP contribution is 2.35. The topological polar surface area (TPSA) is 130 Å². The molecule has 0 unspecified atom stereocenters. The number of rotatable bonds is 5. The van der Waals surface area contributed by atoms with E-state index in [-0.39, 0.29) is 27.8 Å². The van der Waals surface area contributed by atoms with Crippen LogP contribution < -0.4 is 10.6 Å². The van der Waals surface area contributed by atoms with E-state index in [9.17, 15) is 42.0 Å². The average molecular weight is 505 g/mol. The summed E-state index contributed by atoms with van der Waals surface area (Å²) in [6.45, 7) is 0. The smallest absolute Gasteiger partial charge is 0.419 e. The molecule has 0 fully saturated rings. The number of nitro groups is 1. The Balaban J connectivity index is 1.79. The minimum Gasteiger partial charge on any atom is -0.493 e. The van der Waals surface area contributed by atoms with Gasteiger partial charge in [-0.2, -0.15) is 18.2 Å². The Bertz CT molecular complexity index is 1510. The summed E-state index contributed by atoms with van der Waals surface area (Å²) < 4.78 is 65.8. The molecule has 36 heavy (non-hydrogen) atoms. The average Bonchev–Trinajstić information content (AvgIpc) is 2.80. The molecule has 0 spiro atoms. The van der Waals surface area contributed by atoms with Gasteiger partial charge in [0.1, 0.15) is 11.6 Å². The molecule has 184 valence electrons. The summed E-state index contributed by atoms with van der Waals surface area (Å²) in [6.07, 6.45) is -4.99. The number of halogens is 5. The van der Waals surface area contributed by atoms with Gasteiger partial charge in [-0.1, -0.05) is 0 Å². The number of hydrogen-bond donors (Lipinski definition) is 3. The molecule has 9 nitrogen and oxygen atoms in total. The normalized spacial score (nSPS) is 11.4. The standard InChI is InChI=1S/C22H12F5N5O4/c23-10-1-3-11(4-2-10)28-19(33)14-8-13(32(35)36)9-15-18(14)30-21(31-20(15)34)29-12-5-6-17(24)16(7-12)22(25,26)27/h1-9H,(H,28,33)(H2,29,30,31,34). The lowest BCUT2D eigenvalue weighted by Gasteiger charge is -2.13. The third-order valence-corrected chi connectivity index (χ3v) is 4.85. The van der Waals surface area contributed by atoms with Crippen LogP contribution in [0.2, 0.25) is 0 Å². The molecular weight excluding hydrogens is 493 g/mol. The Kier molecular flexibility index (Phi) is 6.10. The third kappa shape index (κ3) is 4.96. The molecule has 3 N–H and O–H groups in total. The van der Waals surface area contributed by atoms with Crippen molar-refractivity contribution in [3.05, 3.63) is 87.5 Å². The van der Waals surface area contributed by atoms with E-state index in [1.54, 1.807) is 0 Å². The first-order valence-electron chi connectivity index (χ1n) is 9.82. The monoisotopic (exact) mass is 505 g/mol. The minimum absolute atomic E-state index is 0.142. The van der Waals surface area contributed by atoms with Crippen molar-refractivity contribution in [2.75, 3.05) is 10.6 Å². The molecule has 0 bridgehead atoms. The lowest BCUT2D eigenvalue weighted by molar-refractivity contribution is -0.384. The van der Waals surface area contributed by atoms with Gasteiger partial charge < -0.3 is 15.7 Å². The van der Waals surface area contributed by atoms with Gasteiger partial charge in [0, 0.05) is 23.5 Å². The van der Waals surface area contributed by atoms with Crippen LogP contribution in [0.5, 0.6) is 5.88 Å². The van der Waals surface area contributed by atoms with Crippen LogP contribution in [-0.4, -0.2) is 25.9 Å². The van der Waals surface area contributed by atoms with Gasteiger partial charge >= 0.3 is 6.18 Å². The number of carbonyl (C=O) groups excluding carboxylic acids is 1. The summed E-state index contributed by atoms with van der Waals surface area (Å²) >= 11 is 0. The van der Waals surface area contributed by atoms with Crippen LogP contribution in [-0.2, 0) is 6.18 Å². The largest absolute Gasteiger partial charge is 0.493 e. The first-order chi connectivity index (χ1) is 16.9. The van der Waals surface area contributed by atoms with Gasteiger partial charge in [0.15, 0.2) is 0 Å². The van der Waals surface area contributed by atoms with E-state index < -0.39 is 51.7 Å². The quantitative estimate of drug-likeness (QED) is 0.185. The fourth-order valence-electron chi connectivity index (χ4n) is 3.22. The molecule has 1 heterocycles. The predicted molar refractivity (Wildman–Crippen MR) is 117 cm³/mol. The third-order valence-electron chi connectivity index (χ3n) is 4.85. The molecule has 0 saturated carbocycles. The Labute approximate surface area is 197 Å². The van der Waals surface area contributed by atoms with Crippen LogP contribution >= 0.6 is 0 Å². The van der Waals surface area contributed by atoms with E-state index in [0.29, 0.717) is 12.1 Å². The van der Waals surface area contributed by atoms with Crippen LogP contribution in [0, 0.1) is 21.7 Å². The highest BCUT2D eigenvalue weighted by atomic mass is 19.4. The van der Waals surface area contributed by atoms with Gasteiger partial charge in [0.25, 0.3) is 11.6 Å². The number of aromatic nitrogens is 2. The van der Waals surface area contributed by atoms with Crippen molar-refractivity contribution in [2.45, 2.75) is 6.18 Å². The molecule has 0 radical (unpaired) electrons.